The SMILES string of the molecule is COc1c(Nc2cc(Cc3cc(F)c(N4CC(OC)C4)cn3)nc3c2nc(C(F)F)n3C2CCCCO2)cccc1-c1nc(C)nn1C. The molecule has 0 amide bonds. The summed E-state index contributed by atoms with van der Waals surface area (Å²) in [6.07, 6.45) is 0.389. The Labute approximate surface area is 274 Å². The highest BCUT2D eigenvalue weighted by atomic mass is 19.3. The van der Waals surface area contributed by atoms with Crippen LogP contribution in [0.5, 0.6) is 5.75 Å². The van der Waals surface area contributed by atoms with Crippen LogP contribution in [0.3, 0.4) is 0 Å². The van der Waals surface area contributed by atoms with Crippen molar-refractivity contribution in [2.45, 2.75) is 51.4 Å². The predicted octanol–water partition coefficient (Wildman–Crippen LogP) is 5.88. The normalized spacial score (nSPS) is 16.9. The second-order valence-corrected chi connectivity index (χ2v) is 12.0. The second-order valence-electron chi connectivity index (χ2n) is 12.0. The standard InChI is InChI=1S/C33H36F3N9O3/c1-18-38-31(43(2)42-18)22-8-7-9-24(29(22)47-4)40-25-14-20(12-19-13-23(34)26(15-37-19)44-16-21(17-44)46-3)39-32-28(25)41-33(30(35)36)45(32)27-10-5-6-11-48-27/h7-9,13-15,21,27,30H,5-6,10-12,16-17H2,1-4H3,(H,39,40). The van der Waals surface area contributed by atoms with Crippen LogP contribution in [-0.2, 0) is 22.9 Å². The molecule has 1 aromatic carbocycles. The minimum absolute atomic E-state index is 0.0610. The number of nitrogens with one attached hydrogen (secondary N) is 1. The van der Waals surface area contributed by atoms with Crippen molar-refractivity contribution < 1.29 is 27.4 Å². The van der Waals surface area contributed by atoms with Gasteiger partial charge in [0.2, 0.25) is 0 Å². The van der Waals surface area contributed by atoms with Gasteiger partial charge in [0.05, 0.1) is 47.7 Å². The maximum Gasteiger partial charge on any atom is 0.295 e. The van der Waals surface area contributed by atoms with Crippen LogP contribution in [0.25, 0.3) is 22.6 Å². The molecule has 0 spiro atoms. The second kappa shape index (κ2) is 13.0. The quantitative estimate of drug-likeness (QED) is 0.194. The number of halogens is 3. The van der Waals surface area contributed by atoms with Crippen molar-refractivity contribution in [3.8, 4) is 17.1 Å². The number of aromatic nitrogens is 7. The smallest absolute Gasteiger partial charge is 0.295 e. The third-order valence-corrected chi connectivity index (χ3v) is 8.74. The Morgan fingerprint density at radius 2 is 1.90 bits per heavy atom. The number of hydrogen-bond donors (Lipinski definition) is 1. The highest BCUT2D eigenvalue weighted by Crippen LogP contribution is 2.40. The van der Waals surface area contributed by atoms with Gasteiger partial charge in [-0.25, -0.2) is 32.8 Å². The van der Waals surface area contributed by atoms with Crippen molar-refractivity contribution in [2.24, 2.45) is 7.05 Å². The summed E-state index contributed by atoms with van der Waals surface area (Å²) in [6.45, 7) is 3.42. The zero-order valence-corrected chi connectivity index (χ0v) is 27.1. The number of anilines is 3. The first kappa shape index (κ1) is 31.8. The average Bonchev–Trinajstić information content (AvgIpc) is 3.61. The molecule has 2 aliphatic rings. The molecule has 0 aliphatic carbocycles. The van der Waals surface area contributed by atoms with Gasteiger partial charge in [0.25, 0.3) is 6.43 Å². The topological polar surface area (TPSA) is 117 Å². The van der Waals surface area contributed by atoms with Crippen LogP contribution >= 0.6 is 0 Å². The highest BCUT2D eigenvalue weighted by Gasteiger charge is 2.31. The largest absolute Gasteiger partial charge is 0.494 e. The van der Waals surface area contributed by atoms with Crippen LogP contribution < -0.4 is 15.0 Å². The lowest BCUT2D eigenvalue weighted by atomic mass is 10.1. The number of nitrogens with zero attached hydrogens (tertiary/aromatic N) is 8. The zero-order valence-electron chi connectivity index (χ0n) is 27.1. The van der Waals surface area contributed by atoms with E-state index in [-0.39, 0.29) is 23.7 Å². The van der Waals surface area contributed by atoms with Crippen LogP contribution in [0, 0.1) is 12.7 Å². The van der Waals surface area contributed by atoms with Gasteiger partial charge in [0.15, 0.2) is 23.0 Å². The molecule has 0 radical (unpaired) electrons. The van der Waals surface area contributed by atoms with E-state index in [2.05, 4.69) is 25.4 Å². The summed E-state index contributed by atoms with van der Waals surface area (Å²) in [7, 11) is 4.97. The van der Waals surface area contributed by atoms with Gasteiger partial charge in [-0.15, -0.1) is 0 Å². The molecule has 15 heteroatoms. The van der Waals surface area contributed by atoms with Crippen molar-refractivity contribution in [1.82, 2.24) is 34.3 Å². The number of alkyl halides is 2. The Balaban J connectivity index is 1.32. The van der Waals surface area contributed by atoms with E-state index in [0.29, 0.717) is 77.5 Å². The van der Waals surface area contributed by atoms with E-state index in [1.807, 2.05) is 23.1 Å². The molecule has 12 nitrogen and oxygen atoms in total. The zero-order chi connectivity index (χ0) is 33.5. The molecule has 2 saturated heterocycles. The molecule has 0 saturated carbocycles. The first-order chi connectivity index (χ1) is 23.2. The predicted molar refractivity (Wildman–Crippen MR) is 172 cm³/mol. The van der Waals surface area contributed by atoms with Gasteiger partial charge in [-0.1, -0.05) is 6.07 Å². The molecule has 1 atom stereocenters. The molecule has 6 heterocycles. The fraction of sp³-hybridized carbons (Fsp3) is 0.424. The van der Waals surface area contributed by atoms with Crippen molar-refractivity contribution in [2.75, 3.05) is 44.1 Å². The summed E-state index contributed by atoms with van der Waals surface area (Å²) < 4.78 is 64.6. The summed E-state index contributed by atoms with van der Waals surface area (Å²) in [4.78, 5) is 20.2. The lowest BCUT2D eigenvalue weighted by Gasteiger charge is -2.39. The Hall–Kier alpha value is -4.76. The summed E-state index contributed by atoms with van der Waals surface area (Å²) in [5, 5.41) is 7.74. The third-order valence-electron chi connectivity index (χ3n) is 8.74. The van der Waals surface area contributed by atoms with E-state index in [9.17, 15) is 8.78 Å². The molecule has 7 rings (SSSR count). The minimum Gasteiger partial charge on any atom is -0.494 e. The van der Waals surface area contributed by atoms with E-state index in [1.165, 1.54) is 16.8 Å². The number of ether oxygens (including phenoxy) is 3. The first-order valence-electron chi connectivity index (χ1n) is 15.8. The number of aryl methyl sites for hydroxylation is 2. The van der Waals surface area contributed by atoms with Gasteiger partial charge in [-0.3, -0.25) is 9.55 Å². The summed E-state index contributed by atoms with van der Waals surface area (Å²) >= 11 is 0. The van der Waals surface area contributed by atoms with Crippen LogP contribution in [-0.4, -0.2) is 74.3 Å². The molecule has 48 heavy (non-hydrogen) atoms. The maximum atomic E-state index is 15.3. The van der Waals surface area contributed by atoms with E-state index < -0.39 is 24.3 Å². The number of pyridine rings is 2. The van der Waals surface area contributed by atoms with Crippen molar-refractivity contribution in [1.29, 1.82) is 0 Å². The van der Waals surface area contributed by atoms with E-state index in [1.54, 1.807) is 38.9 Å². The van der Waals surface area contributed by atoms with Gasteiger partial charge in [-0.2, -0.15) is 5.10 Å². The number of rotatable bonds is 10. The van der Waals surface area contributed by atoms with Crippen molar-refractivity contribution in [3.63, 3.8) is 0 Å². The van der Waals surface area contributed by atoms with Gasteiger partial charge in [0.1, 0.15) is 23.4 Å². The van der Waals surface area contributed by atoms with Crippen LogP contribution in [0.2, 0.25) is 0 Å². The van der Waals surface area contributed by atoms with Gasteiger partial charge in [-0.05, 0) is 50.5 Å². The minimum atomic E-state index is -2.87. The number of imidazole rings is 1. The average molecular weight is 664 g/mol. The number of hydrogen-bond acceptors (Lipinski definition) is 10. The van der Waals surface area contributed by atoms with Gasteiger partial charge < -0.3 is 24.4 Å². The van der Waals surface area contributed by atoms with Gasteiger partial charge in [0, 0.05) is 46.0 Å². The number of fused-ring (bicyclic) bond motifs is 1. The van der Waals surface area contributed by atoms with E-state index in [0.717, 1.165) is 12.8 Å². The lowest BCUT2D eigenvalue weighted by molar-refractivity contribution is -0.0363. The molecule has 2 aliphatic heterocycles. The molecule has 0 bridgehead atoms. The molecule has 5 aromatic rings. The highest BCUT2D eigenvalue weighted by molar-refractivity contribution is 5.91. The fourth-order valence-electron chi connectivity index (χ4n) is 6.37. The van der Waals surface area contributed by atoms with Crippen LogP contribution in [0.1, 0.15) is 55.0 Å². The van der Waals surface area contributed by atoms with Crippen LogP contribution in [0.15, 0.2) is 36.5 Å². The lowest BCUT2D eigenvalue weighted by Crippen LogP contribution is -2.52. The molecule has 2 fully saturated rings. The molecule has 1 unspecified atom stereocenters. The Bertz CT molecular complexity index is 1950. The number of methoxy groups -OCH3 is 2. The molecule has 252 valence electrons. The summed E-state index contributed by atoms with van der Waals surface area (Å²) in [5.74, 6) is 0.836. The Kier molecular flexibility index (Phi) is 8.64. The monoisotopic (exact) mass is 663 g/mol. The number of para-hydroxylation sites is 1. The Morgan fingerprint density at radius 1 is 1.06 bits per heavy atom. The van der Waals surface area contributed by atoms with Crippen molar-refractivity contribution in [3.05, 3.63) is 65.4 Å². The van der Waals surface area contributed by atoms with Gasteiger partial charge >= 0.3 is 0 Å². The molecular weight excluding hydrogens is 627 g/mol. The van der Waals surface area contributed by atoms with E-state index in [4.69, 9.17) is 19.2 Å². The third kappa shape index (κ3) is 5.92. The Morgan fingerprint density at radius 3 is 2.56 bits per heavy atom. The molecule has 4 aromatic heterocycles. The van der Waals surface area contributed by atoms with Crippen LogP contribution in [0.4, 0.5) is 30.2 Å². The first-order valence-corrected chi connectivity index (χ1v) is 15.8. The van der Waals surface area contributed by atoms with Crippen molar-refractivity contribution >= 4 is 28.2 Å². The molecule has 1 N–H and O–H groups in total. The summed E-state index contributed by atoms with van der Waals surface area (Å²) in [6, 6.07) is 8.62. The maximum absolute atomic E-state index is 15.3. The summed E-state index contributed by atoms with van der Waals surface area (Å²) in [5.41, 5.74) is 3.44. The fourth-order valence-corrected chi connectivity index (χ4v) is 6.37. The number of benzene rings is 1. The molecular formula is C33H36F3N9O3. The van der Waals surface area contributed by atoms with E-state index >= 15 is 4.39 Å².